The molecule has 0 saturated heterocycles. The molecule has 0 saturated carbocycles. The van der Waals surface area contributed by atoms with E-state index in [1.54, 1.807) is 32.4 Å². The summed E-state index contributed by atoms with van der Waals surface area (Å²) < 4.78 is 11.0. The Hall–Kier alpha value is -3.48. The van der Waals surface area contributed by atoms with Crippen LogP contribution in [0.1, 0.15) is 42.2 Å². The average molecular weight is 422 g/mol. The maximum absolute atomic E-state index is 13.4. The van der Waals surface area contributed by atoms with Crippen LogP contribution >= 0.6 is 0 Å². The zero-order valence-electron chi connectivity index (χ0n) is 18.0. The number of anilines is 2. The fraction of sp³-hybridized carbons (Fsp3) is 0.333. The Kier molecular flexibility index (Phi) is 5.13. The monoisotopic (exact) mass is 422 g/mol. The predicted octanol–water partition coefficient (Wildman–Crippen LogP) is 4.48. The lowest BCUT2D eigenvalue weighted by molar-refractivity contribution is -0.124. The van der Waals surface area contributed by atoms with E-state index in [0.717, 1.165) is 11.3 Å². The first kappa shape index (κ1) is 20.8. The maximum atomic E-state index is 13.4. The number of hydrogen-bond acceptors (Lipinski definition) is 6. The van der Waals surface area contributed by atoms with Gasteiger partial charge in [0.1, 0.15) is 17.3 Å². The number of carboxylic acids is 1. The van der Waals surface area contributed by atoms with Crippen molar-refractivity contribution < 1.29 is 24.2 Å². The van der Waals surface area contributed by atoms with Gasteiger partial charge in [0.05, 0.1) is 43.1 Å². The number of hydrogen-bond donors (Lipinski definition) is 3. The van der Waals surface area contributed by atoms with Crippen molar-refractivity contribution in [2.75, 3.05) is 24.9 Å². The summed E-state index contributed by atoms with van der Waals surface area (Å²) in [6, 6.07) is 9.93. The van der Waals surface area contributed by atoms with Gasteiger partial charge in [-0.1, -0.05) is 19.9 Å². The number of benzene rings is 2. The van der Waals surface area contributed by atoms with Crippen LogP contribution in [0.15, 0.2) is 48.2 Å². The third-order valence-electron chi connectivity index (χ3n) is 5.82. The van der Waals surface area contributed by atoms with E-state index < -0.39 is 17.9 Å². The molecular formula is C24H26N2O5. The molecule has 2 aromatic carbocycles. The molecule has 2 aliphatic rings. The summed E-state index contributed by atoms with van der Waals surface area (Å²) in [7, 11) is 3.19. The number of aromatic carboxylic acids is 1. The molecule has 1 aliphatic carbocycles. The molecule has 2 atom stereocenters. The molecular weight excluding hydrogens is 396 g/mol. The molecule has 2 aromatic rings. The minimum Gasteiger partial charge on any atom is -0.497 e. The molecule has 0 unspecified atom stereocenters. The Balaban J connectivity index is 1.92. The summed E-state index contributed by atoms with van der Waals surface area (Å²) >= 11 is 0. The number of rotatable bonds is 4. The van der Waals surface area contributed by atoms with Crippen LogP contribution in [0, 0.1) is 11.3 Å². The molecule has 7 heteroatoms. The highest BCUT2D eigenvalue weighted by atomic mass is 16.5. The summed E-state index contributed by atoms with van der Waals surface area (Å²) in [6.07, 6.45) is 2.48. The normalized spacial score (nSPS) is 21.4. The molecule has 31 heavy (non-hydrogen) atoms. The molecule has 1 aliphatic heterocycles. The van der Waals surface area contributed by atoms with E-state index in [9.17, 15) is 14.7 Å². The largest absolute Gasteiger partial charge is 0.497 e. The number of allylic oxidation sites excluding steroid dienone is 1. The van der Waals surface area contributed by atoms with Crippen molar-refractivity contribution in [3.8, 4) is 11.5 Å². The van der Waals surface area contributed by atoms with E-state index >= 15 is 0 Å². The number of methoxy groups -OCH3 is 2. The highest BCUT2D eigenvalue weighted by Crippen LogP contribution is 2.47. The first-order chi connectivity index (χ1) is 14.7. The van der Waals surface area contributed by atoms with Crippen LogP contribution < -0.4 is 20.1 Å². The molecule has 7 nitrogen and oxygen atoms in total. The first-order valence-corrected chi connectivity index (χ1v) is 10.1. The average Bonchev–Trinajstić information content (AvgIpc) is 2.87. The number of ether oxygens (including phenoxy) is 2. The van der Waals surface area contributed by atoms with Crippen molar-refractivity contribution >= 4 is 23.1 Å². The van der Waals surface area contributed by atoms with Gasteiger partial charge >= 0.3 is 5.97 Å². The fourth-order valence-corrected chi connectivity index (χ4v) is 4.43. The quantitative estimate of drug-likeness (QED) is 0.668. The van der Waals surface area contributed by atoms with Gasteiger partial charge in [-0.15, -0.1) is 0 Å². The van der Waals surface area contributed by atoms with Crippen molar-refractivity contribution in [1.82, 2.24) is 0 Å². The van der Waals surface area contributed by atoms with Gasteiger partial charge < -0.3 is 25.2 Å². The Labute approximate surface area is 181 Å². The molecule has 0 spiro atoms. The highest BCUT2D eigenvalue weighted by Gasteiger charge is 2.42. The molecule has 0 radical (unpaired) electrons. The van der Waals surface area contributed by atoms with Crippen LogP contribution in [0.5, 0.6) is 11.5 Å². The van der Waals surface area contributed by atoms with Crippen LogP contribution in [0.25, 0.3) is 0 Å². The van der Waals surface area contributed by atoms with Crippen molar-refractivity contribution in [3.63, 3.8) is 0 Å². The van der Waals surface area contributed by atoms with Crippen molar-refractivity contribution in [2.45, 2.75) is 26.3 Å². The molecule has 3 N–H and O–H groups in total. The molecule has 0 amide bonds. The van der Waals surface area contributed by atoms with E-state index in [4.69, 9.17) is 9.47 Å². The zero-order chi connectivity index (χ0) is 22.3. The van der Waals surface area contributed by atoms with Gasteiger partial charge in [-0.05, 0) is 41.8 Å². The van der Waals surface area contributed by atoms with Gasteiger partial charge in [-0.3, -0.25) is 4.79 Å². The molecule has 1 heterocycles. The van der Waals surface area contributed by atoms with Gasteiger partial charge in [0.25, 0.3) is 0 Å². The number of carbonyl (C=O) groups is 2. The Bertz CT molecular complexity index is 1090. The summed E-state index contributed by atoms with van der Waals surface area (Å²) in [5.74, 6) is -0.102. The molecule has 0 aromatic heterocycles. The van der Waals surface area contributed by atoms with Crippen LogP contribution in [0.3, 0.4) is 0 Å². The smallest absolute Gasteiger partial charge is 0.335 e. The number of carboxylic acid groups (broad SMARTS) is 1. The Morgan fingerprint density at radius 2 is 1.87 bits per heavy atom. The number of nitrogens with one attached hydrogen (secondary N) is 2. The second-order valence-electron chi connectivity index (χ2n) is 8.63. The third-order valence-corrected chi connectivity index (χ3v) is 5.82. The highest BCUT2D eigenvalue weighted by molar-refractivity contribution is 5.93. The standard InChI is InChI=1S/C24H26N2O5/c1-24(2)11-18-21(19(27)12-24)22(15-10-14(30-3)6-8-20(15)31-4)26-16-7-5-13(23(28)29)9-17(16)25-18/h5-11,21-22,25-26H,12H2,1-4H3,(H,28,29)/t21-,22-/m0/s1. The van der Waals surface area contributed by atoms with Gasteiger partial charge in [-0.2, -0.15) is 0 Å². The summed E-state index contributed by atoms with van der Waals surface area (Å²) in [6.45, 7) is 4.04. The minimum absolute atomic E-state index is 0.101. The third kappa shape index (κ3) is 3.83. The maximum Gasteiger partial charge on any atom is 0.335 e. The molecule has 162 valence electrons. The Morgan fingerprint density at radius 3 is 2.55 bits per heavy atom. The number of fused-ring (bicyclic) bond motifs is 2. The predicted molar refractivity (Wildman–Crippen MR) is 118 cm³/mol. The van der Waals surface area contributed by atoms with Crippen molar-refractivity contribution in [3.05, 3.63) is 59.3 Å². The number of Topliss-reactive ketones (excluding diaryl/α,β-unsaturated/α-hetero) is 1. The lowest BCUT2D eigenvalue weighted by Crippen LogP contribution is -2.36. The van der Waals surface area contributed by atoms with Gasteiger partial charge in [0.15, 0.2) is 0 Å². The van der Waals surface area contributed by atoms with Gasteiger partial charge in [0, 0.05) is 17.7 Å². The van der Waals surface area contributed by atoms with Crippen molar-refractivity contribution in [2.24, 2.45) is 11.3 Å². The van der Waals surface area contributed by atoms with E-state index in [-0.39, 0.29) is 16.8 Å². The lowest BCUT2D eigenvalue weighted by Gasteiger charge is -2.35. The topological polar surface area (TPSA) is 96.9 Å². The fourth-order valence-electron chi connectivity index (χ4n) is 4.43. The SMILES string of the molecule is COc1ccc(OC)c([C@@H]2Nc3ccc(C(=O)O)cc3NC3=CC(C)(C)CC(=O)[C@H]32)c1. The number of carbonyl (C=O) groups excluding carboxylic acids is 1. The second-order valence-corrected chi connectivity index (χ2v) is 8.63. The summed E-state index contributed by atoms with van der Waals surface area (Å²) in [4.78, 5) is 24.9. The second kappa shape index (κ2) is 7.65. The van der Waals surface area contributed by atoms with Crippen LogP contribution in [0.2, 0.25) is 0 Å². The van der Waals surface area contributed by atoms with E-state index in [2.05, 4.69) is 16.7 Å². The van der Waals surface area contributed by atoms with E-state index in [1.807, 2.05) is 32.0 Å². The van der Waals surface area contributed by atoms with Gasteiger partial charge in [-0.25, -0.2) is 4.79 Å². The van der Waals surface area contributed by atoms with Crippen LogP contribution in [0.4, 0.5) is 11.4 Å². The van der Waals surface area contributed by atoms with Crippen molar-refractivity contribution in [1.29, 1.82) is 0 Å². The first-order valence-electron chi connectivity index (χ1n) is 10.1. The summed E-state index contributed by atoms with van der Waals surface area (Å²) in [5.41, 5.74) is 2.73. The molecule has 0 bridgehead atoms. The molecule has 0 fully saturated rings. The molecule has 4 rings (SSSR count). The summed E-state index contributed by atoms with van der Waals surface area (Å²) in [5, 5.41) is 16.2. The Morgan fingerprint density at radius 1 is 1.10 bits per heavy atom. The van der Waals surface area contributed by atoms with Crippen LogP contribution in [-0.4, -0.2) is 31.1 Å². The number of ketones is 1. The van der Waals surface area contributed by atoms with Gasteiger partial charge in [0.2, 0.25) is 0 Å². The van der Waals surface area contributed by atoms with Crippen LogP contribution in [-0.2, 0) is 4.79 Å². The van der Waals surface area contributed by atoms with E-state index in [1.165, 1.54) is 0 Å². The van der Waals surface area contributed by atoms with E-state index in [0.29, 0.717) is 29.3 Å². The lowest BCUT2D eigenvalue weighted by atomic mass is 9.72. The zero-order valence-corrected chi connectivity index (χ0v) is 18.0. The minimum atomic E-state index is -1.01.